The number of halogens is 1. The predicted molar refractivity (Wildman–Crippen MR) is 81.6 cm³/mol. The molecule has 2 rings (SSSR count). The smallest absolute Gasteiger partial charge is 0.289 e. The number of hydrogen-bond donors (Lipinski definition) is 1. The largest absolute Gasteiger partial charge is 0.306 e. The average Bonchev–Trinajstić information content (AvgIpc) is 2.41. The van der Waals surface area contributed by atoms with Crippen LogP contribution in [0.25, 0.3) is 0 Å². The third-order valence-electron chi connectivity index (χ3n) is 3.45. The lowest BCUT2D eigenvalue weighted by Gasteiger charge is -2.29. The van der Waals surface area contributed by atoms with Crippen LogP contribution in [0.15, 0.2) is 27.6 Å². The summed E-state index contributed by atoms with van der Waals surface area (Å²) < 4.78 is 27.9. The zero-order chi connectivity index (χ0) is 15.6. The summed E-state index contributed by atoms with van der Waals surface area (Å²) in [7, 11) is -1.94. The molecular formula is C12H16BrN3O4S. The Hall–Kier alpha value is -1.03. The highest BCUT2D eigenvalue weighted by Gasteiger charge is 2.29. The van der Waals surface area contributed by atoms with Crippen molar-refractivity contribution in [2.45, 2.75) is 23.8 Å². The highest BCUT2D eigenvalue weighted by molar-refractivity contribution is 9.10. The molecule has 9 heteroatoms. The van der Waals surface area contributed by atoms with E-state index in [-0.39, 0.29) is 10.9 Å². The molecule has 1 saturated heterocycles. The van der Waals surface area contributed by atoms with E-state index in [0.717, 1.165) is 13.1 Å². The standard InChI is InChI=1S/C12H16BrN3O4S/c1-15-6-4-10(5-7-15)14-21(19,20)12-8-9(13)2-3-11(12)16(17)18/h2-3,8,10,14H,4-7H2,1H3. The molecule has 0 atom stereocenters. The van der Waals surface area contributed by atoms with Crippen LogP contribution in [0.3, 0.4) is 0 Å². The van der Waals surface area contributed by atoms with Gasteiger partial charge >= 0.3 is 0 Å². The van der Waals surface area contributed by atoms with Gasteiger partial charge in [-0.3, -0.25) is 10.1 Å². The zero-order valence-corrected chi connectivity index (χ0v) is 13.9. The van der Waals surface area contributed by atoms with E-state index in [1.165, 1.54) is 18.2 Å². The second-order valence-electron chi connectivity index (χ2n) is 5.07. The van der Waals surface area contributed by atoms with Crippen LogP contribution < -0.4 is 4.72 Å². The van der Waals surface area contributed by atoms with Gasteiger partial charge < -0.3 is 4.90 Å². The highest BCUT2D eigenvalue weighted by Crippen LogP contribution is 2.27. The van der Waals surface area contributed by atoms with Gasteiger partial charge in [-0.05, 0) is 45.1 Å². The Morgan fingerprint density at radius 2 is 2.00 bits per heavy atom. The van der Waals surface area contributed by atoms with Gasteiger partial charge in [-0.15, -0.1) is 0 Å². The summed E-state index contributed by atoms with van der Waals surface area (Å²) >= 11 is 3.15. The number of sulfonamides is 1. The third kappa shape index (κ3) is 4.00. The molecule has 1 aliphatic rings. The lowest BCUT2D eigenvalue weighted by atomic mass is 10.1. The Bertz CT molecular complexity index is 642. The van der Waals surface area contributed by atoms with Crippen LogP contribution in [0.1, 0.15) is 12.8 Å². The van der Waals surface area contributed by atoms with E-state index in [1.54, 1.807) is 0 Å². The van der Waals surface area contributed by atoms with Crippen LogP contribution in [-0.2, 0) is 10.0 Å². The minimum Gasteiger partial charge on any atom is -0.306 e. The zero-order valence-electron chi connectivity index (χ0n) is 11.5. The van der Waals surface area contributed by atoms with Gasteiger partial charge in [0, 0.05) is 16.6 Å². The van der Waals surface area contributed by atoms with Gasteiger partial charge in [-0.1, -0.05) is 15.9 Å². The summed E-state index contributed by atoms with van der Waals surface area (Å²) in [6.07, 6.45) is 1.38. The number of nitro groups is 1. The molecule has 1 N–H and O–H groups in total. The van der Waals surface area contributed by atoms with Gasteiger partial charge in [-0.25, -0.2) is 13.1 Å². The van der Waals surface area contributed by atoms with E-state index in [1.807, 2.05) is 7.05 Å². The molecule has 1 fully saturated rings. The van der Waals surface area contributed by atoms with Crippen molar-refractivity contribution in [3.05, 3.63) is 32.8 Å². The molecule has 0 saturated carbocycles. The van der Waals surface area contributed by atoms with E-state index in [2.05, 4.69) is 25.6 Å². The van der Waals surface area contributed by atoms with Crippen molar-refractivity contribution in [2.75, 3.05) is 20.1 Å². The van der Waals surface area contributed by atoms with E-state index in [0.29, 0.717) is 17.3 Å². The lowest BCUT2D eigenvalue weighted by Crippen LogP contribution is -2.43. The number of nitro benzene ring substituents is 1. The molecule has 0 spiro atoms. The average molecular weight is 378 g/mol. The first-order chi connectivity index (χ1) is 9.79. The Morgan fingerprint density at radius 1 is 1.38 bits per heavy atom. The predicted octanol–water partition coefficient (Wildman–Crippen LogP) is 1.73. The molecule has 1 heterocycles. The fraction of sp³-hybridized carbons (Fsp3) is 0.500. The molecule has 7 nitrogen and oxygen atoms in total. The minimum absolute atomic E-state index is 0.190. The van der Waals surface area contributed by atoms with Crippen molar-refractivity contribution in [3.63, 3.8) is 0 Å². The maximum atomic E-state index is 12.4. The molecule has 0 aromatic heterocycles. The fourth-order valence-electron chi connectivity index (χ4n) is 2.26. The molecule has 1 aromatic rings. The molecule has 0 radical (unpaired) electrons. The van der Waals surface area contributed by atoms with Crippen molar-refractivity contribution in [1.29, 1.82) is 0 Å². The van der Waals surface area contributed by atoms with Crippen molar-refractivity contribution < 1.29 is 13.3 Å². The molecule has 1 aliphatic heterocycles. The van der Waals surface area contributed by atoms with Crippen molar-refractivity contribution in [3.8, 4) is 0 Å². The van der Waals surface area contributed by atoms with E-state index in [9.17, 15) is 18.5 Å². The number of hydrogen-bond acceptors (Lipinski definition) is 5. The van der Waals surface area contributed by atoms with Crippen molar-refractivity contribution in [2.24, 2.45) is 0 Å². The molecular weight excluding hydrogens is 362 g/mol. The Kier molecular flexibility index (Phi) is 4.97. The van der Waals surface area contributed by atoms with Crippen LogP contribution in [0.4, 0.5) is 5.69 Å². The molecule has 0 unspecified atom stereocenters. The van der Waals surface area contributed by atoms with Gasteiger partial charge in [0.1, 0.15) is 0 Å². The number of piperidine rings is 1. The molecule has 21 heavy (non-hydrogen) atoms. The summed E-state index contributed by atoms with van der Waals surface area (Å²) in [6, 6.07) is 3.71. The van der Waals surface area contributed by atoms with Gasteiger partial charge in [0.05, 0.1) is 4.92 Å². The van der Waals surface area contributed by atoms with Crippen LogP contribution in [0.5, 0.6) is 0 Å². The van der Waals surface area contributed by atoms with Crippen LogP contribution in [0, 0.1) is 10.1 Å². The monoisotopic (exact) mass is 377 g/mol. The first-order valence-electron chi connectivity index (χ1n) is 6.44. The Balaban J connectivity index is 2.27. The highest BCUT2D eigenvalue weighted by atomic mass is 79.9. The van der Waals surface area contributed by atoms with E-state index >= 15 is 0 Å². The summed E-state index contributed by atoms with van der Waals surface area (Å²) in [5.41, 5.74) is -0.418. The first-order valence-corrected chi connectivity index (χ1v) is 8.72. The summed E-state index contributed by atoms with van der Waals surface area (Å²) in [5, 5.41) is 11.0. The number of nitrogens with zero attached hydrogens (tertiary/aromatic N) is 2. The third-order valence-corrected chi connectivity index (χ3v) is 5.49. The topological polar surface area (TPSA) is 92.6 Å². The summed E-state index contributed by atoms with van der Waals surface area (Å²) in [5.74, 6) is 0. The van der Waals surface area contributed by atoms with Gasteiger partial charge in [-0.2, -0.15) is 0 Å². The van der Waals surface area contributed by atoms with Gasteiger partial charge in [0.2, 0.25) is 10.0 Å². The second-order valence-corrected chi connectivity index (χ2v) is 7.67. The number of rotatable bonds is 4. The molecule has 0 bridgehead atoms. The van der Waals surface area contributed by atoms with Crippen LogP contribution >= 0.6 is 15.9 Å². The number of nitrogens with one attached hydrogen (secondary N) is 1. The number of benzene rings is 1. The van der Waals surface area contributed by atoms with Crippen LogP contribution in [0.2, 0.25) is 0 Å². The van der Waals surface area contributed by atoms with Crippen molar-refractivity contribution >= 4 is 31.6 Å². The number of likely N-dealkylation sites (tertiary alicyclic amines) is 1. The van der Waals surface area contributed by atoms with Gasteiger partial charge in [0.25, 0.3) is 5.69 Å². The van der Waals surface area contributed by atoms with Crippen molar-refractivity contribution in [1.82, 2.24) is 9.62 Å². The summed E-state index contributed by atoms with van der Waals surface area (Å²) in [6.45, 7) is 1.60. The normalized spacial score (nSPS) is 17.8. The second kappa shape index (κ2) is 6.39. The maximum absolute atomic E-state index is 12.4. The minimum atomic E-state index is -3.92. The molecule has 0 aliphatic carbocycles. The Morgan fingerprint density at radius 3 is 2.57 bits per heavy atom. The quantitative estimate of drug-likeness (QED) is 0.636. The molecule has 0 amide bonds. The van der Waals surface area contributed by atoms with Crippen LogP contribution in [-0.4, -0.2) is 44.4 Å². The Labute approximate surface area is 131 Å². The van der Waals surface area contributed by atoms with E-state index in [4.69, 9.17) is 0 Å². The molecule has 116 valence electrons. The first kappa shape index (κ1) is 16.3. The SMILES string of the molecule is CN1CCC(NS(=O)(=O)c2cc(Br)ccc2[N+](=O)[O-])CC1. The fourth-order valence-corrected chi connectivity index (χ4v) is 4.28. The summed E-state index contributed by atoms with van der Waals surface area (Å²) in [4.78, 5) is 12.1. The molecule has 1 aromatic carbocycles. The van der Waals surface area contributed by atoms with Gasteiger partial charge in [0.15, 0.2) is 4.90 Å². The lowest BCUT2D eigenvalue weighted by molar-refractivity contribution is -0.387. The van der Waals surface area contributed by atoms with E-state index < -0.39 is 20.6 Å². The maximum Gasteiger partial charge on any atom is 0.289 e.